The maximum absolute atomic E-state index is 5.10. The second-order valence-electron chi connectivity index (χ2n) is 7.68. The molecule has 0 aliphatic rings. The summed E-state index contributed by atoms with van der Waals surface area (Å²) in [5, 5.41) is 4.82. The van der Waals surface area contributed by atoms with Gasteiger partial charge >= 0.3 is 0 Å². The minimum Gasteiger partial charge on any atom is -0.244 e. The van der Waals surface area contributed by atoms with Gasteiger partial charge in [0.15, 0.2) is 0 Å². The summed E-state index contributed by atoms with van der Waals surface area (Å²) in [5.41, 5.74) is 5.72. The molecule has 0 fully saturated rings. The highest BCUT2D eigenvalue weighted by Gasteiger charge is 2.14. The summed E-state index contributed by atoms with van der Waals surface area (Å²) in [7, 11) is 0. The molecule has 2 nitrogen and oxygen atoms in total. The van der Waals surface area contributed by atoms with Gasteiger partial charge in [0.2, 0.25) is 0 Å². The van der Waals surface area contributed by atoms with Crippen molar-refractivity contribution >= 4 is 48.5 Å². The Kier molecular flexibility index (Phi) is 4.29. The van der Waals surface area contributed by atoms with Crippen molar-refractivity contribution in [1.82, 2.24) is 9.97 Å². The number of hydrogen-bond donors (Lipinski definition) is 0. The summed E-state index contributed by atoms with van der Waals surface area (Å²) >= 11 is 3.53. The van der Waals surface area contributed by atoms with Gasteiger partial charge in [0.25, 0.3) is 0 Å². The van der Waals surface area contributed by atoms with E-state index in [2.05, 4.69) is 88.7 Å². The number of fused-ring (bicyclic) bond motifs is 3. The van der Waals surface area contributed by atoms with Crippen molar-refractivity contribution in [2.24, 2.45) is 0 Å². The Morgan fingerprint density at radius 2 is 0.935 bits per heavy atom. The van der Waals surface area contributed by atoms with Gasteiger partial charge < -0.3 is 0 Å². The molecule has 31 heavy (non-hydrogen) atoms. The first kappa shape index (κ1) is 18.2. The van der Waals surface area contributed by atoms with Gasteiger partial charge in [0.1, 0.15) is 0 Å². The second kappa shape index (κ2) is 7.29. The van der Waals surface area contributed by atoms with Crippen molar-refractivity contribution in [3.05, 3.63) is 108 Å². The largest absolute Gasteiger partial charge is 0.244 e. The van der Waals surface area contributed by atoms with Crippen LogP contribution in [0.1, 0.15) is 0 Å². The van der Waals surface area contributed by atoms with Crippen molar-refractivity contribution in [3.63, 3.8) is 0 Å². The number of halogens is 1. The minimum absolute atomic E-state index is 0.895. The first-order valence-electron chi connectivity index (χ1n) is 10.2. The van der Waals surface area contributed by atoms with E-state index in [-0.39, 0.29) is 0 Å². The van der Waals surface area contributed by atoms with Gasteiger partial charge in [-0.1, -0.05) is 82.7 Å². The summed E-state index contributed by atoms with van der Waals surface area (Å²) in [6, 6.07) is 35.8. The Morgan fingerprint density at radius 1 is 0.452 bits per heavy atom. The molecule has 0 aliphatic carbocycles. The molecule has 0 saturated carbocycles. The SMILES string of the molecule is Brc1ccc(-c2nc3cc4cc5ccccc5cc4cc3nc2-c2ccccc2)cc1. The minimum atomic E-state index is 0.895. The van der Waals surface area contributed by atoms with Gasteiger partial charge in [-0.05, 0) is 57.9 Å². The molecule has 0 unspecified atom stereocenters. The Balaban J connectivity index is 1.66. The average Bonchev–Trinajstić information content (AvgIpc) is 2.82. The molecule has 3 heteroatoms. The van der Waals surface area contributed by atoms with E-state index >= 15 is 0 Å². The Labute approximate surface area is 188 Å². The van der Waals surface area contributed by atoms with Crippen LogP contribution in [0.15, 0.2) is 108 Å². The number of rotatable bonds is 2. The van der Waals surface area contributed by atoms with Crippen molar-refractivity contribution in [3.8, 4) is 22.5 Å². The monoisotopic (exact) mass is 460 g/mol. The van der Waals surface area contributed by atoms with Gasteiger partial charge in [-0.15, -0.1) is 0 Å². The molecular formula is C28H17BrN2. The summed E-state index contributed by atoms with van der Waals surface area (Å²) in [6.45, 7) is 0. The molecule has 1 aromatic heterocycles. The molecule has 0 saturated heterocycles. The summed E-state index contributed by atoms with van der Waals surface area (Å²) in [4.78, 5) is 10.2. The third-order valence-electron chi connectivity index (χ3n) is 5.65. The van der Waals surface area contributed by atoms with Gasteiger partial charge in [-0.25, -0.2) is 9.97 Å². The molecule has 146 valence electrons. The van der Waals surface area contributed by atoms with Crippen LogP contribution in [-0.2, 0) is 0 Å². The quantitative estimate of drug-likeness (QED) is 0.244. The summed E-state index contributed by atoms with van der Waals surface area (Å²) < 4.78 is 1.05. The van der Waals surface area contributed by atoms with Crippen molar-refractivity contribution < 1.29 is 0 Å². The summed E-state index contributed by atoms with van der Waals surface area (Å²) in [5.74, 6) is 0. The van der Waals surface area contributed by atoms with Gasteiger partial charge in [-0.3, -0.25) is 0 Å². The normalized spacial score (nSPS) is 11.4. The smallest absolute Gasteiger partial charge is 0.0973 e. The van der Waals surface area contributed by atoms with Crippen LogP contribution in [-0.4, -0.2) is 9.97 Å². The molecule has 0 atom stereocenters. The zero-order valence-corrected chi connectivity index (χ0v) is 18.2. The summed E-state index contributed by atoms with van der Waals surface area (Å²) in [6.07, 6.45) is 0. The maximum atomic E-state index is 5.10. The van der Waals surface area contributed by atoms with Crippen LogP contribution in [0, 0.1) is 0 Å². The molecular weight excluding hydrogens is 444 g/mol. The average molecular weight is 461 g/mol. The fraction of sp³-hybridized carbons (Fsp3) is 0. The molecule has 0 N–H and O–H groups in total. The number of hydrogen-bond acceptors (Lipinski definition) is 2. The lowest BCUT2D eigenvalue weighted by Gasteiger charge is -2.12. The fourth-order valence-electron chi connectivity index (χ4n) is 4.10. The van der Waals surface area contributed by atoms with Crippen LogP contribution in [0.5, 0.6) is 0 Å². The van der Waals surface area contributed by atoms with Gasteiger partial charge in [0.05, 0.1) is 22.4 Å². The number of benzene rings is 5. The van der Waals surface area contributed by atoms with E-state index in [0.717, 1.165) is 38.0 Å². The van der Waals surface area contributed by atoms with E-state index in [1.807, 2.05) is 30.3 Å². The zero-order chi connectivity index (χ0) is 20.8. The highest BCUT2D eigenvalue weighted by molar-refractivity contribution is 9.10. The first-order valence-corrected chi connectivity index (χ1v) is 11.0. The maximum Gasteiger partial charge on any atom is 0.0973 e. The third kappa shape index (κ3) is 3.28. The number of nitrogens with zero attached hydrogens (tertiary/aromatic N) is 2. The predicted molar refractivity (Wildman–Crippen MR) is 133 cm³/mol. The van der Waals surface area contributed by atoms with Crippen molar-refractivity contribution in [2.75, 3.05) is 0 Å². The Morgan fingerprint density at radius 3 is 1.48 bits per heavy atom. The van der Waals surface area contributed by atoms with Crippen molar-refractivity contribution in [2.45, 2.75) is 0 Å². The topological polar surface area (TPSA) is 25.8 Å². The van der Waals surface area contributed by atoms with Crippen LogP contribution in [0.4, 0.5) is 0 Å². The molecule has 6 rings (SSSR count). The van der Waals surface area contributed by atoms with Crippen LogP contribution >= 0.6 is 15.9 Å². The van der Waals surface area contributed by atoms with Crippen LogP contribution in [0.3, 0.4) is 0 Å². The van der Waals surface area contributed by atoms with Crippen LogP contribution < -0.4 is 0 Å². The van der Waals surface area contributed by atoms with Crippen LogP contribution in [0.25, 0.3) is 55.1 Å². The lowest BCUT2D eigenvalue weighted by Crippen LogP contribution is -1.95. The van der Waals surface area contributed by atoms with E-state index in [1.54, 1.807) is 0 Å². The first-order chi connectivity index (χ1) is 15.2. The second-order valence-corrected chi connectivity index (χ2v) is 8.60. The fourth-order valence-corrected chi connectivity index (χ4v) is 4.36. The number of aromatic nitrogens is 2. The van der Waals surface area contributed by atoms with Crippen LogP contribution in [0.2, 0.25) is 0 Å². The molecule has 0 spiro atoms. The lowest BCUT2D eigenvalue weighted by atomic mass is 10.0. The third-order valence-corrected chi connectivity index (χ3v) is 6.18. The molecule has 5 aromatic carbocycles. The molecule has 1 heterocycles. The molecule has 0 bridgehead atoms. The predicted octanol–water partition coefficient (Wildman–Crippen LogP) is 8.03. The van der Waals surface area contributed by atoms with E-state index in [0.29, 0.717) is 0 Å². The zero-order valence-electron chi connectivity index (χ0n) is 16.6. The molecule has 6 aromatic rings. The van der Waals surface area contributed by atoms with E-state index in [9.17, 15) is 0 Å². The molecule has 0 radical (unpaired) electrons. The molecule has 0 amide bonds. The van der Waals surface area contributed by atoms with Crippen molar-refractivity contribution in [1.29, 1.82) is 0 Å². The molecule has 0 aliphatic heterocycles. The van der Waals surface area contributed by atoms with E-state index in [4.69, 9.17) is 9.97 Å². The lowest BCUT2D eigenvalue weighted by molar-refractivity contribution is 1.30. The standard InChI is InChI=1S/C28H17BrN2/c29-24-12-10-19(11-13-24)28-27(18-6-2-1-3-7-18)30-25-16-22-14-20-8-4-5-9-21(20)15-23(22)17-26(25)31-28/h1-17H. The Bertz CT molecular complexity index is 1570. The highest BCUT2D eigenvalue weighted by atomic mass is 79.9. The Hall–Kier alpha value is -3.56. The van der Waals surface area contributed by atoms with Gasteiger partial charge in [0, 0.05) is 15.6 Å². The highest BCUT2D eigenvalue weighted by Crippen LogP contribution is 2.33. The van der Waals surface area contributed by atoms with E-state index in [1.165, 1.54) is 21.5 Å². The van der Waals surface area contributed by atoms with E-state index < -0.39 is 0 Å². The van der Waals surface area contributed by atoms with Gasteiger partial charge in [-0.2, -0.15) is 0 Å².